The Labute approximate surface area is 101 Å². The van der Waals surface area contributed by atoms with Gasteiger partial charge in [-0.1, -0.05) is 0 Å². The van der Waals surface area contributed by atoms with Crippen LogP contribution in [0.25, 0.3) is 0 Å². The predicted molar refractivity (Wildman–Crippen MR) is 58.6 cm³/mol. The highest BCUT2D eigenvalue weighted by Gasteiger charge is 2.10. The van der Waals surface area contributed by atoms with Gasteiger partial charge in [-0.25, -0.2) is 8.78 Å². The molecule has 1 heterocycles. The number of benzene rings is 1. The molecule has 0 bridgehead atoms. The van der Waals surface area contributed by atoms with E-state index >= 15 is 0 Å². The van der Waals surface area contributed by atoms with Gasteiger partial charge in [-0.15, -0.1) is 0 Å². The van der Waals surface area contributed by atoms with Gasteiger partial charge in [0, 0.05) is 5.69 Å². The molecule has 1 aromatic carbocycles. The summed E-state index contributed by atoms with van der Waals surface area (Å²) in [4.78, 5) is 3.83. The van der Waals surface area contributed by atoms with Crippen LogP contribution in [0.4, 0.5) is 13.2 Å². The summed E-state index contributed by atoms with van der Waals surface area (Å²) < 4.78 is 36.3. The average Bonchev–Trinajstić information content (AvgIpc) is 2.36. The third-order valence-corrected chi connectivity index (χ3v) is 1.92. The Morgan fingerprint density at radius 2 is 1.56 bits per heavy atom. The maximum absolute atomic E-state index is 12.1. The standard InChI is InChI=1S/C6H3F3O.C6H7NO/c7-3-1-2-4(8)6(10)5(3)9;1-5-2-3-6(8)4-7-5/h1-2,10H;2-4,8H,1H3. The van der Waals surface area contributed by atoms with Crippen LogP contribution in [0.3, 0.4) is 0 Å². The van der Waals surface area contributed by atoms with Crippen molar-refractivity contribution in [3.05, 3.63) is 53.6 Å². The first-order valence-electron chi connectivity index (χ1n) is 4.86. The fourth-order valence-corrected chi connectivity index (χ4v) is 0.976. The molecule has 0 radical (unpaired) electrons. The third-order valence-electron chi connectivity index (χ3n) is 1.92. The number of halogens is 3. The number of hydrogen-bond donors (Lipinski definition) is 2. The van der Waals surface area contributed by atoms with Gasteiger partial charge in [0.25, 0.3) is 0 Å². The van der Waals surface area contributed by atoms with E-state index in [0.29, 0.717) is 12.1 Å². The van der Waals surface area contributed by atoms with E-state index in [1.165, 1.54) is 6.20 Å². The molecule has 0 amide bonds. The zero-order chi connectivity index (χ0) is 13.7. The van der Waals surface area contributed by atoms with Gasteiger partial charge >= 0.3 is 0 Å². The Kier molecular flexibility index (Phi) is 4.53. The van der Waals surface area contributed by atoms with Crippen LogP contribution >= 0.6 is 0 Å². The van der Waals surface area contributed by atoms with Gasteiger partial charge in [0.1, 0.15) is 5.75 Å². The fourth-order valence-electron chi connectivity index (χ4n) is 0.976. The Hall–Kier alpha value is -2.24. The van der Waals surface area contributed by atoms with E-state index in [4.69, 9.17) is 10.2 Å². The summed E-state index contributed by atoms with van der Waals surface area (Å²) in [5.74, 6) is -5.05. The van der Waals surface area contributed by atoms with Crippen LogP contribution in [0.1, 0.15) is 5.69 Å². The minimum absolute atomic E-state index is 0.218. The lowest BCUT2D eigenvalue weighted by atomic mass is 10.3. The molecule has 0 spiro atoms. The third kappa shape index (κ3) is 3.65. The van der Waals surface area contributed by atoms with E-state index in [-0.39, 0.29) is 5.75 Å². The normalized spacial score (nSPS) is 9.56. The molecule has 0 saturated carbocycles. The van der Waals surface area contributed by atoms with Crippen LogP contribution in [-0.4, -0.2) is 15.2 Å². The molecule has 18 heavy (non-hydrogen) atoms. The monoisotopic (exact) mass is 257 g/mol. The van der Waals surface area contributed by atoms with E-state index in [1.807, 2.05) is 6.92 Å². The van der Waals surface area contributed by atoms with E-state index in [0.717, 1.165) is 5.69 Å². The van der Waals surface area contributed by atoms with Crippen molar-refractivity contribution in [3.63, 3.8) is 0 Å². The van der Waals surface area contributed by atoms with E-state index in [1.54, 1.807) is 12.1 Å². The maximum Gasteiger partial charge on any atom is 0.203 e. The molecular weight excluding hydrogens is 247 g/mol. The second-order valence-electron chi connectivity index (χ2n) is 3.35. The number of pyridine rings is 1. The van der Waals surface area contributed by atoms with E-state index < -0.39 is 23.2 Å². The second-order valence-corrected chi connectivity index (χ2v) is 3.35. The van der Waals surface area contributed by atoms with Gasteiger partial charge in [-0.05, 0) is 31.2 Å². The summed E-state index contributed by atoms with van der Waals surface area (Å²) in [6, 6.07) is 4.62. The van der Waals surface area contributed by atoms with Crippen molar-refractivity contribution in [1.29, 1.82) is 0 Å². The van der Waals surface area contributed by atoms with Gasteiger partial charge in [-0.2, -0.15) is 4.39 Å². The van der Waals surface area contributed by atoms with Crippen LogP contribution in [0.15, 0.2) is 30.5 Å². The Balaban J connectivity index is 0.000000184. The number of rotatable bonds is 0. The Morgan fingerprint density at radius 1 is 0.944 bits per heavy atom. The highest BCUT2D eigenvalue weighted by Crippen LogP contribution is 2.21. The van der Waals surface area contributed by atoms with Gasteiger partial charge in [0.05, 0.1) is 6.20 Å². The van der Waals surface area contributed by atoms with Crippen molar-refractivity contribution < 1.29 is 23.4 Å². The number of phenols is 1. The first kappa shape index (κ1) is 13.8. The van der Waals surface area contributed by atoms with Crippen molar-refractivity contribution in [1.82, 2.24) is 4.98 Å². The molecule has 0 aliphatic carbocycles. The molecular formula is C12H10F3NO2. The lowest BCUT2D eigenvalue weighted by Gasteiger charge is -1.95. The van der Waals surface area contributed by atoms with Crippen molar-refractivity contribution in [2.24, 2.45) is 0 Å². The van der Waals surface area contributed by atoms with Crippen molar-refractivity contribution in [3.8, 4) is 11.5 Å². The molecule has 0 fully saturated rings. The van der Waals surface area contributed by atoms with Crippen LogP contribution in [0.2, 0.25) is 0 Å². The Morgan fingerprint density at radius 3 is 2.00 bits per heavy atom. The first-order chi connectivity index (χ1) is 8.41. The summed E-state index contributed by atoms with van der Waals surface area (Å²) in [5.41, 5.74) is 0.919. The summed E-state index contributed by atoms with van der Waals surface area (Å²) in [6.07, 6.45) is 1.43. The fraction of sp³-hybridized carbons (Fsp3) is 0.0833. The number of nitrogens with zero attached hydrogens (tertiary/aromatic N) is 1. The van der Waals surface area contributed by atoms with Crippen LogP contribution in [-0.2, 0) is 0 Å². The molecule has 2 N–H and O–H groups in total. The second kappa shape index (κ2) is 5.90. The molecule has 1 aromatic heterocycles. The molecule has 0 unspecified atom stereocenters. The van der Waals surface area contributed by atoms with Gasteiger partial charge in [-0.3, -0.25) is 4.98 Å². The number of aryl methyl sites for hydroxylation is 1. The summed E-state index contributed by atoms with van der Waals surface area (Å²) >= 11 is 0. The zero-order valence-electron chi connectivity index (χ0n) is 9.36. The molecule has 0 aliphatic rings. The SMILES string of the molecule is Cc1ccc(O)cn1.Oc1c(F)ccc(F)c1F. The molecule has 3 nitrogen and oxygen atoms in total. The predicted octanol–water partition coefficient (Wildman–Crippen LogP) is 2.91. The molecule has 0 saturated heterocycles. The van der Waals surface area contributed by atoms with E-state index in [9.17, 15) is 13.2 Å². The lowest BCUT2D eigenvalue weighted by Crippen LogP contribution is -1.86. The topological polar surface area (TPSA) is 53.4 Å². The molecule has 6 heteroatoms. The van der Waals surface area contributed by atoms with Crippen molar-refractivity contribution in [2.75, 3.05) is 0 Å². The summed E-state index contributed by atoms with van der Waals surface area (Å²) in [5, 5.41) is 17.1. The van der Waals surface area contributed by atoms with Gasteiger partial charge in [0.15, 0.2) is 17.4 Å². The average molecular weight is 257 g/mol. The number of phenolic OH excluding ortho intramolecular Hbond substituents is 1. The highest BCUT2D eigenvalue weighted by molar-refractivity contribution is 5.25. The number of hydrogen-bond acceptors (Lipinski definition) is 3. The minimum Gasteiger partial charge on any atom is -0.506 e. The largest absolute Gasteiger partial charge is 0.506 e. The van der Waals surface area contributed by atoms with Crippen LogP contribution < -0.4 is 0 Å². The maximum atomic E-state index is 12.1. The Bertz CT molecular complexity index is 482. The van der Waals surface area contributed by atoms with E-state index in [2.05, 4.69) is 4.98 Å². The van der Waals surface area contributed by atoms with Crippen LogP contribution in [0, 0.1) is 24.4 Å². The molecule has 0 aliphatic heterocycles. The molecule has 2 rings (SSSR count). The van der Waals surface area contributed by atoms with Crippen LogP contribution in [0.5, 0.6) is 11.5 Å². The first-order valence-corrected chi connectivity index (χ1v) is 4.86. The molecule has 96 valence electrons. The minimum atomic E-state index is -1.56. The smallest absolute Gasteiger partial charge is 0.203 e. The summed E-state index contributed by atoms with van der Waals surface area (Å²) in [7, 11) is 0. The molecule has 0 atom stereocenters. The molecule has 2 aromatic rings. The quantitative estimate of drug-likeness (QED) is 0.713. The number of aromatic hydroxyl groups is 2. The van der Waals surface area contributed by atoms with Gasteiger partial charge in [0.2, 0.25) is 5.82 Å². The van der Waals surface area contributed by atoms with Crippen molar-refractivity contribution in [2.45, 2.75) is 6.92 Å². The van der Waals surface area contributed by atoms with Crippen molar-refractivity contribution >= 4 is 0 Å². The highest BCUT2D eigenvalue weighted by atomic mass is 19.2. The summed E-state index contributed by atoms with van der Waals surface area (Å²) in [6.45, 7) is 1.87. The lowest BCUT2D eigenvalue weighted by molar-refractivity contribution is 0.376. The number of aromatic nitrogens is 1. The zero-order valence-corrected chi connectivity index (χ0v) is 9.36. The van der Waals surface area contributed by atoms with Gasteiger partial charge < -0.3 is 10.2 Å².